The zero-order valence-electron chi connectivity index (χ0n) is 10.8. The van der Waals surface area contributed by atoms with Crippen LogP contribution >= 0.6 is 12.2 Å². The Hall–Kier alpha value is -2.14. The summed E-state index contributed by atoms with van der Waals surface area (Å²) >= 11 is 5.17. The van der Waals surface area contributed by atoms with Crippen molar-refractivity contribution < 1.29 is 9.21 Å². The lowest BCUT2D eigenvalue weighted by molar-refractivity contribution is -0.112. The van der Waals surface area contributed by atoms with Crippen molar-refractivity contribution in [3.8, 4) is 0 Å². The average molecular weight is 286 g/mol. The van der Waals surface area contributed by atoms with Crippen LogP contribution in [0.15, 0.2) is 47.1 Å². The maximum Gasteiger partial charge on any atom is 0.285 e. The molecule has 0 saturated heterocycles. The quantitative estimate of drug-likeness (QED) is 0.860. The van der Waals surface area contributed by atoms with E-state index < -0.39 is 0 Å². The van der Waals surface area contributed by atoms with Gasteiger partial charge < -0.3 is 14.6 Å². The van der Waals surface area contributed by atoms with Gasteiger partial charge in [0.05, 0.1) is 12.8 Å². The van der Waals surface area contributed by atoms with Gasteiger partial charge in [0.25, 0.3) is 5.91 Å². The number of thiocarbonyl (C=S) groups is 1. The van der Waals surface area contributed by atoms with E-state index in [1.54, 1.807) is 17.2 Å². The molecule has 3 rings (SSSR count). The van der Waals surface area contributed by atoms with E-state index in [0.717, 1.165) is 17.9 Å². The molecule has 20 heavy (non-hydrogen) atoms. The van der Waals surface area contributed by atoms with Gasteiger partial charge >= 0.3 is 0 Å². The first kappa shape index (κ1) is 12.9. The van der Waals surface area contributed by atoms with Crippen molar-refractivity contribution in [3.05, 3.63) is 54.0 Å². The Morgan fingerprint density at radius 1 is 1.30 bits per heavy atom. The highest BCUT2D eigenvalue weighted by molar-refractivity contribution is 7.82. The molecule has 102 valence electrons. The number of hydrogen-bond donors (Lipinski definition) is 1. The predicted octanol–water partition coefficient (Wildman–Crippen LogP) is 2.29. The molecule has 0 unspecified atom stereocenters. The first-order chi connectivity index (χ1) is 9.75. The number of anilines is 1. The minimum absolute atomic E-state index is 0.156. The van der Waals surface area contributed by atoms with Crippen molar-refractivity contribution in [1.82, 2.24) is 5.32 Å². The molecule has 0 fully saturated rings. The Morgan fingerprint density at radius 2 is 2.15 bits per heavy atom. The molecule has 0 atom stereocenters. The Morgan fingerprint density at radius 3 is 2.95 bits per heavy atom. The number of furan rings is 1. The number of benzene rings is 1. The number of carbonyl (C=O) groups is 1. The van der Waals surface area contributed by atoms with Crippen LogP contribution in [0.5, 0.6) is 0 Å². The van der Waals surface area contributed by atoms with Crippen LogP contribution in [-0.2, 0) is 17.8 Å². The van der Waals surface area contributed by atoms with Crippen LogP contribution in [0.25, 0.3) is 0 Å². The van der Waals surface area contributed by atoms with E-state index in [4.69, 9.17) is 16.6 Å². The molecule has 1 N–H and O–H groups in total. The molecule has 0 spiro atoms. The number of hydrogen-bond acceptors (Lipinski definition) is 3. The molecule has 2 aromatic rings. The largest absolute Gasteiger partial charge is 0.467 e. The smallest absolute Gasteiger partial charge is 0.285 e. The van der Waals surface area contributed by atoms with Gasteiger partial charge in [-0.25, -0.2) is 0 Å². The van der Waals surface area contributed by atoms with E-state index in [1.165, 1.54) is 5.56 Å². The standard InChI is InChI=1S/C15H14N2O2S/c18-15(14(20)16-10-12-5-3-9-19-12)17-8-7-11-4-1-2-6-13(11)17/h1-6,9H,7-8,10H2,(H,16,20). The van der Waals surface area contributed by atoms with Crippen LogP contribution in [0, 0.1) is 0 Å². The van der Waals surface area contributed by atoms with Gasteiger partial charge in [0, 0.05) is 12.2 Å². The second-order valence-electron chi connectivity index (χ2n) is 4.60. The molecule has 5 heteroatoms. The fourth-order valence-corrected chi connectivity index (χ4v) is 2.51. The molecule has 1 aliphatic heterocycles. The predicted molar refractivity (Wildman–Crippen MR) is 80.6 cm³/mol. The topological polar surface area (TPSA) is 45.5 Å². The number of fused-ring (bicyclic) bond motifs is 1. The van der Waals surface area contributed by atoms with Crippen molar-refractivity contribution in [2.75, 3.05) is 11.4 Å². The zero-order chi connectivity index (χ0) is 13.9. The molecule has 4 nitrogen and oxygen atoms in total. The van der Waals surface area contributed by atoms with Crippen molar-refractivity contribution in [1.29, 1.82) is 0 Å². The van der Waals surface area contributed by atoms with Gasteiger partial charge in [-0.2, -0.15) is 0 Å². The monoisotopic (exact) mass is 286 g/mol. The fourth-order valence-electron chi connectivity index (χ4n) is 2.33. The Bertz CT molecular complexity index is 637. The van der Waals surface area contributed by atoms with Gasteiger partial charge in [0.1, 0.15) is 5.76 Å². The minimum Gasteiger partial charge on any atom is -0.467 e. The third-order valence-electron chi connectivity index (χ3n) is 3.33. The summed E-state index contributed by atoms with van der Waals surface area (Å²) in [5.74, 6) is 0.596. The summed E-state index contributed by atoms with van der Waals surface area (Å²) < 4.78 is 5.20. The third-order valence-corrected chi connectivity index (χ3v) is 3.65. The van der Waals surface area contributed by atoms with E-state index in [9.17, 15) is 4.79 Å². The highest BCUT2D eigenvalue weighted by Gasteiger charge is 2.26. The number of nitrogens with zero attached hydrogens (tertiary/aromatic N) is 1. The molecule has 1 amide bonds. The molecular weight excluding hydrogens is 272 g/mol. The molecule has 1 aromatic carbocycles. The summed E-state index contributed by atoms with van der Waals surface area (Å²) in [4.78, 5) is 14.3. The zero-order valence-corrected chi connectivity index (χ0v) is 11.7. The van der Waals surface area contributed by atoms with Gasteiger partial charge in [-0.15, -0.1) is 0 Å². The average Bonchev–Trinajstić information content (AvgIpc) is 3.13. The van der Waals surface area contributed by atoms with Crippen LogP contribution in [-0.4, -0.2) is 17.4 Å². The minimum atomic E-state index is -0.156. The lowest BCUT2D eigenvalue weighted by Gasteiger charge is -2.18. The van der Waals surface area contributed by atoms with E-state index in [-0.39, 0.29) is 10.9 Å². The van der Waals surface area contributed by atoms with Gasteiger partial charge in [-0.05, 0) is 30.2 Å². The number of amides is 1. The first-order valence-corrected chi connectivity index (χ1v) is 6.86. The molecular formula is C15H14N2O2S. The van der Waals surface area contributed by atoms with Crippen molar-refractivity contribution >= 4 is 28.8 Å². The molecule has 1 aromatic heterocycles. The molecule has 0 aliphatic carbocycles. The maximum atomic E-state index is 12.4. The molecule has 0 bridgehead atoms. The first-order valence-electron chi connectivity index (χ1n) is 6.45. The van der Waals surface area contributed by atoms with Crippen molar-refractivity contribution in [2.24, 2.45) is 0 Å². The molecule has 1 aliphatic rings. The fraction of sp³-hybridized carbons (Fsp3) is 0.200. The van der Waals surface area contributed by atoms with Gasteiger partial charge in [-0.1, -0.05) is 30.4 Å². The number of para-hydroxylation sites is 1. The summed E-state index contributed by atoms with van der Waals surface area (Å²) in [5, 5.41) is 2.94. The van der Waals surface area contributed by atoms with Gasteiger partial charge in [0.2, 0.25) is 0 Å². The summed E-state index contributed by atoms with van der Waals surface area (Å²) in [6.45, 7) is 1.10. The Balaban J connectivity index is 1.66. The second kappa shape index (κ2) is 5.46. The molecule has 0 radical (unpaired) electrons. The Labute approximate surface area is 122 Å². The van der Waals surface area contributed by atoms with E-state index in [1.807, 2.05) is 30.3 Å². The molecule has 2 heterocycles. The van der Waals surface area contributed by atoms with Crippen LogP contribution < -0.4 is 10.2 Å². The molecule has 0 saturated carbocycles. The normalized spacial score (nSPS) is 13.1. The van der Waals surface area contributed by atoms with Crippen LogP contribution in [0.2, 0.25) is 0 Å². The highest BCUT2D eigenvalue weighted by atomic mass is 32.1. The maximum absolute atomic E-state index is 12.4. The second-order valence-corrected chi connectivity index (χ2v) is 5.01. The number of rotatable bonds is 2. The third kappa shape index (κ3) is 2.44. The number of carbonyl (C=O) groups excluding carboxylic acids is 1. The highest BCUT2D eigenvalue weighted by Crippen LogP contribution is 2.27. The van der Waals surface area contributed by atoms with Gasteiger partial charge in [0.15, 0.2) is 4.99 Å². The van der Waals surface area contributed by atoms with E-state index in [0.29, 0.717) is 13.1 Å². The van der Waals surface area contributed by atoms with E-state index in [2.05, 4.69) is 5.32 Å². The Kier molecular flexibility index (Phi) is 3.52. The summed E-state index contributed by atoms with van der Waals surface area (Å²) in [6, 6.07) is 11.6. The van der Waals surface area contributed by atoms with Crippen molar-refractivity contribution in [3.63, 3.8) is 0 Å². The number of nitrogens with one attached hydrogen (secondary N) is 1. The van der Waals surface area contributed by atoms with Crippen molar-refractivity contribution in [2.45, 2.75) is 13.0 Å². The van der Waals surface area contributed by atoms with Gasteiger partial charge in [-0.3, -0.25) is 4.79 Å². The van der Waals surface area contributed by atoms with Crippen LogP contribution in [0.4, 0.5) is 5.69 Å². The summed E-state index contributed by atoms with van der Waals surface area (Å²) in [7, 11) is 0. The summed E-state index contributed by atoms with van der Waals surface area (Å²) in [6.07, 6.45) is 2.47. The lowest BCUT2D eigenvalue weighted by atomic mass is 10.2. The van der Waals surface area contributed by atoms with Crippen LogP contribution in [0.3, 0.4) is 0 Å². The van der Waals surface area contributed by atoms with E-state index >= 15 is 0 Å². The SMILES string of the molecule is O=C(C(=S)NCc1ccco1)N1CCc2ccccc21. The summed E-state index contributed by atoms with van der Waals surface area (Å²) in [5.41, 5.74) is 2.15. The van der Waals surface area contributed by atoms with Crippen LogP contribution in [0.1, 0.15) is 11.3 Å². The lowest BCUT2D eigenvalue weighted by Crippen LogP contribution is -2.40.